The number of carbonyl (C=O) groups is 1. The lowest BCUT2D eigenvalue weighted by atomic mass is 9.97. The van der Waals surface area contributed by atoms with Crippen molar-refractivity contribution in [3.05, 3.63) is 24.3 Å². The van der Waals surface area contributed by atoms with Crippen molar-refractivity contribution in [2.75, 3.05) is 19.8 Å². The first-order valence-electron chi connectivity index (χ1n) is 21.1. The molecule has 2 aliphatic rings. The van der Waals surface area contributed by atoms with Crippen molar-refractivity contribution in [3.63, 3.8) is 0 Å². The van der Waals surface area contributed by atoms with E-state index in [2.05, 4.69) is 31.3 Å². The SMILES string of the molecule is CCCCCCCC/C=C/CC/C=C/C(O)C(COC1OC(CO)C(OC2OC(CO)C(O)C(O)C2O)C(O)C1O)NC(=O)CCCCCCCCCCC. The largest absolute Gasteiger partial charge is 0.394 e. The van der Waals surface area contributed by atoms with Gasteiger partial charge in [0.05, 0.1) is 32.0 Å². The third kappa shape index (κ3) is 18.7. The number of ether oxygens (including phenoxy) is 4. The van der Waals surface area contributed by atoms with Crippen molar-refractivity contribution in [2.45, 2.75) is 209 Å². The van der Waals surface area contributed by atoms with E-state index in [4.69, 9.17) is 18.9 Å². The van der Waals surface area contributed by atoms with Gasteiger partial charge in [-0.25, -0.2) is 0 Å². The zero-order chi connectivity index (χ0) is 40.4. The van der Waals surface area contributed by atoms with Gasteiger partial charge in [-0.05, 0) is 32.1 Å². The number of amides is 1. The standard InChI is InChI=1S/C41H75NO13/c1-3-5-7-9-11-13-14-15-17-18-20-22-24-30(45)29(42-33(46)25-23-21-19-16-12-10-8-6-4-2)28-52-40-38(51)36(49)39(32(27-44)54-40)55-41-37(50)35(48)34(47)31(26-43)53-41/h15,17,22,24,29-32,34-41,43-45,47-51H,3-14,16,18-21,23,25-28H2,1-2H3,(H,42,46)/b17-15+,24-22+. The first-order valence-corrected chi connectivity index (χ1v) is 21.1. The molecular weight excluding hydrogens is 714 g/mol. The predicted octanol–water partition coefficient (Wildman–Crippen LogP) is 3.04. The van der Waals surface area contributed by atoms with Gasteiger partial charge < -0.3 is 65.1 Å². The highest BCUT2D eigenvalue weighted by Crippen LogP contribution is 2.29. The topological polar surface area (TPSA) is 228 Å². The Balaban J connectivity index is 1.96. The van der Waals surface area contributed by atoms with Crippen molar-refractivity contribution in [2.24, 2.45) is 0 Å². The average molecular weight is 790 g/mol. The highest BCUT2D eigenvalue weighted by molar-refractivity contribution is 5.76. The van der Waals surface area contributed by atoms with Crippen LogP contribution in [0.2, 0.25) is 0 Å². The lowest BCUT2D eigenvalue weighted by Gasteiger charge is -2.46. The molecule has 2 rings (SSSR count). The highest BCUT2D eigenvalue weighted by Gasteiger charge is 2.50. The molecule has 322 valence electrons. The molecular formula is C41H75NO13. The molecule has 0 aliphatic carbocycles. The maximum absolute atomic E-state index is 13.0. The van der Waals surface area contributed by atoms with Gasteiger partial charge in [0.1, 0.15) is 48.8 Å². The summed E-state index contributed by atoms with van der Waals surface area (Å²) >= 11 is 0. The number of unbranched alkanes of at least 4 members (excludes halogenated alkanes) is 15. The van der Waals surface area contributed by atoms with Crippen LogP contribution < -0.4 is 5.32 Å². The second-order valence-corrected chi connectivity index (χ2v) is 15.1. The highest BCUT2D eigenvalue weighted by atomic mass is 16.7. The first-order chi connectivity index (χ1) is 26.6. The smallest absolute Gasteiger partial charge is 0.220 e. The Morgan fingerprint density at radius 2 is 1.16 bits per heavy atom. The Morgan fingerprint density at radius 1 is 0.636 bits per heavy atom. The predicted molar refractivity (Wildman–Crippen MR) is 208 cm³/mol. The molecule has 0 bridgehead atoms. The number of aliphatic hydroxyl groups excluding tert-OH is 8. The lowest BCUT2D eigenvalue weighted by molar-refractivity contribution is -0.359. The molecule has 9 N–H and O–H groups in total. The molecule has 2 heterocycles. The van der Waals surface area contributed by atoms with Gasteiger partial charge >= 0.3 is 0 Å². The van der Waals surface area contributed by atoms with Crippen LogP contribution in [0, 0.1) is 0 Å². The lowest BCUT2D eigenvalue weighted by Crippen LogP contribution is -2.65. The Kier molecular flexibility index (Phi) is 26.7. The van der Waals surface area contributed by atoms with Crippen molar-refractivity contribution in [1.82, 2.24) is 5.32 Å². The van der Waals surface area contributed by atoms with Crippen LogP contribution in [0.5, 0.6) is 0 Å². The first kappa shape index (κ1) is 49.6. The summed E-state index contributed by atoms with van der Waals surface area (Å²) in [6.45, 7) is 2.68. The summed E-state index contributed by atoms with van der Waals surface area (Å²) in [5, 5.41) is 86.1. The number of hydrogen-bond donors (Lipinski definition) is 9. The molecule has 12 unspecified atom stereocenters. The average Bonchev–Trinajstić information content (AvgIpc) is 3.18. The monoisotopic (exact) mass is 790 g/mol. The van der Waals surface area contributed by atoms with E-state index in [9.17, 15) is 45.6 Å². The van der Waals surface area contributed by atoms with Crippen LogP contribution >= 0.6 is 0 Å². The summed E-state index contributed by atoms with van der Waals surface area (Å²) in [7, 11) is 0. The molecule has 2 saturated heterocycles. The molecule has 14 heteroatoms. The van der Waals surface area contributed by atoms with Crippen LogP contribution in [0.4, 0.5) is 0 Å². The fourth-order valence-electron chi connectivity index (χ4n) is 6.83. The van der Waals surface area contributed by atoms with Gasteiger partial charge in [0, 0.05) is 6.42 Å². The van der Waals surface area contributed by atoms with E-state index in [1.165, 1.54) is 70.6 Å². The molecule has 0 aromatic carbocycles. The third-order valence-electron chi connectivity index (χ3n) is 10.4. The second-order valence-electron chi connectivity index (χ2n) is 15.1. The van der Waals surface area contributed by atoms with Crippen molar-refractivity contribution < 1.29 is 64.6 Å². The normalized spacial score (nSPS) is 29.9. The van der Waals surface area contributed by atoms with E-state index in [1.807, 2.05) is 6.08 Å². The molecule has 55 heavy (non-hydrogen) atoms. The van der Waals surface area contributed by atoms with Crippen LogP contribution in [0.25, 0.3) is 0 Å². The van der Waals surface area contributed by atoms with E-state index >= 15 is 0 Å². The molecule has 0 aromatic heterocycles. The summed E-state index contributed by atoms with van der Waals surface area (Å²) in [5.74, 6) is -0.256. The van der Waals surface area contributed by atoms with Crippen LogP contribution in [-0.4, -0.2) is 140 Å². The van der Waals surface area contributed by atoms with Gasteiger partial charge in [0.25, 0.3) is 0 Å². The summed E-state index contributed by atoms with van der Waals surface area (Å²) in [6.07, 6.45) is 11.1. The van der Waals surface area contributed by atoms with E-state index in [0.29, 0.717) is 12.8 Å². The van der Waals surface area contributed by atoms with Crippen molar-refractivity contribution in [1.29, 1.82) is 0 Å². The maximum Gasteiger partial charge on any atom is 0.220 e. The Bertz CT molecular complexity index is 1030. The molecule has 1 amide bonds. The Labute approximate surface area is 328 Å². The quantitative estimate of drug-likeness (QED) is 0.0377. The summed E-state index contributed by atoms with van der Waals surface area (Å²) in [6, 6.07) is -0.922. The molecule has 14 nitrogen and oxygen atoms in total. The van der Waals surface area contributed by atoms with E-state index in [-0.39, 0.29) is 18.9 Å². The minimum absolute atomic E-state index is 0.256. The zero-order valence-electron chi connectivity index (χ0n) is 33.4. The number of carbonyl (C=O) groups excluding carboxylic acids is 1. The van der Waals surface area contributed by atoms with Crippen molar-refractivity contribution >= 4 is 5.91 Å². The molecule has 0 saturated carbocycles. The van der Waals surface area contributed by atoms with Crippen LogP contribution in [0.15, 0.2) is 24.3 Å². The molecule has 0 radical (unpaired) electrons. The van der Waals surface area contributed by atoms with Crippen LogP contribution in [-0.2, 0) is 23.7 Å². The summed E-state index contributed by atoms with van der Waals surface area (Å²) < 4.78 is 22.5. The van der Waals surface area contributed by atoms with Gasteiger partial charge in [-0.1, -0.05) is 122 Å². The van der Waals surface area contributed by atoms with E-state index in [0.717, 1.165) is 32.1 Å². The fourth-order valence-corrected chi connectivity index (χ4v) is 6.83. The number of nitrogens with one attached hydrogen (secondary N) is 1. The molecule has 12 atom stereocenters. The third-order valence-corrected chi connectivity index (χ3v) is 10.4. The van der Waals surface area contributed by atoms with Gasteiger partial charge in [-0.2, -0.15) is 0 Å². The van der Waals surface area contributed by atoms with Gasteiger partial charge in [0.2, 0.25) is 5.91 Å². The number of hydrogen-bond acceptors (Lipinski definition) is 13. The van der Waals surface area contributed by atoms with Crippen LogP contribution in [0.1, 0.15) is 136 Å². The fraction of sp³-hybridized carbons (Fsp3) is 0.878. The maximum atomic E-state index is 13.0. The minimum atomic E-state index is -1.79. The minimum Gasteiger partial charge on any atom is -0.394 e. The molecule has 2 aliphatic heterocycles. The molecule has 0 aromatic rings. The van der Waals surface area contributed by atoms with E-state index < -0.39 is 86.8 Å². The summed E-state index contributed by atoms with van der Waals surface area (Å²) in [5.41, 5.74) is 0. The van der Waals surface area contributed by atoms with Gasteiger partial charge in [-0.3, -0.25) is 4.79 Å². The van der Waals surface area contributed by atoms with Gasteiger partial charge in [-0.15, -0.1) is 0 Å². The number of rotatable bonds is 30. The summed E-state index contributed by atoms with van der Waals surface area (Å²) in [4.78, 5) is 13.0. The zero-order valence-corrected chi connectivity index (χ0v) is 33.4. The Morgan fingerprint density at radius 3 is 1.78 bits per heavy atom. The molecule has 2 fully saturated rings. The Hall–Kier alpha value is -1.53. The van der Waals surface area contributed by atoms with Crippen molar-refractivity contribution in [3.8, 4) is 0 Å². The van der Waals surface area contributed by atoms with Gasteiger partial charge in [0.15, 0.2) is 12.6 Å². The second kappa shape index (κ2) is 29.6. The van der Waals surface area contributed by atoms with Crippen LogP contribution in [0.3, 0.4) is 0 Å². The number of allylic oxidation sites excluding steroid dienone is 3. The molecule has 0 spiro atoms. The van der Waals surface area contributed by atoms with E-state index in [1.54, 1.807) is 6.08 Å². The number of aliphatic hydroxyl groups is 8.